The van der Waals surface area contributed by atoms with Crippen molar-refractivity contribution in [3.63, 3.8) is 0 Å². The molecule has 0 radical (unpaired) electrons. The van der Waals surface area contributed by atoms with Crippen LogP contribution < -0.4 is 0 Å². The zero-order chi connectivity index (χ0) is 12.3. The van der Waals surface area contributed by atoms with E-state index >= 15 is 0 Å². The maximum absolute atomic E-state index is 11.8. The van der Waals surface area contributed by atoms with Gasteiger partial charge in [0.2, 0.25) is 5.69 Å². The fourth-order valence-corrected chi connectivity index (χ4v) is 1.79. The molecule has 0 aliphatic rings. The summed E-state index contributed by atoms with van der Waals surface area (Å²) < 4.78 is 0.761. The number of nitrogens with zero attached hydrogens (tertiary/aromatic N) is 1. The molecule has 4 heteroatoms. The number of hydrogen-bond donors (Lipinski definition) is 0. The molecule has 2 rings (SSSR count). The Morgan fingerprint density at radius 1 is 0.941 bits per heavy atom. The Labute approximate surface area is 109 Å². The highest BCUT2D eigenvalue weighted by Gasteiger charge is 2.02. The van der Waals surface area contributed by atoms with Gasteiger partial charge in [0, 0.05) is 27.7 Å². The summed E-state index contributed by atoms with van der Waals surface area (Å²) in [6, 6.07) is 13.8. The van der Waals surface area contributed by atoms with Crippen LogP contribution in [0.5, 0.6) is 0 Å². The van der Waals surface area contributed by atoms with Gasteiger partial charge in [0.05, 0.1) is 0 Å². The summed E-state index contributed by atoms with van der Waals surface area (Å²) in [5.74, 6) is 0. The molecule has 0 heterocycles. The molecular weight excluding hydrogens is 257 g/mol. The van der Waals surface area contributed by atoms with E-state index in [0.717, 1.165) is 10.3 Å². The Kier molecular flexibility index (Phi) is 3.67. The van der Waals surface area contributed by atoms with Crippen LogP contribution >= 0.6 is 23.2 Å². The third-order valence-corrected chi connectivity index (χ3v) is 2.65. The Bertz CT molecular complexity index is 567. The summed E-state index contributed by atoms with van der Waals surface area (Å²) in [6.45, 7) is 0. The standard InChI is InChI=1S/C13H9Cl2NO/c14-11-4-1-3-10(7-11)9-16(17)13-6-2-5-12(15)8-13/h1-9H. The van der Waals surface area contributed by atoms with Crippen LogP contribution in [0.25, 0.3) is 0 Å². The molecule has 86 valence electrons. The van der Waals surface area contributed by atoms with Crippen LogP contribution in [0.4, 0.5) is 5.69 Å². The molecule has 17 heavy (non-hydrogen) atoms. The van der Waals surface area contributed by atoms with Crippen molar-refractivity contribution in [1.82, 2.24) is 0 Å². The molecule has 0 unspecified atom stereocenters. The van der Waals surface area contributed by atoms with Crippen molar-refractivity contribution in [1.29, 1.82) is 0 Å². The summed E-state index contributed by atoms with van der Waals surface area (Å²) in [6.07, 6.45) is 1.46. The van der Waals surface area contributed by atoms with Gasteiger partial charge < -0.3 is 5.21 Å². The van der Waals surface area contributed by atoms with E-state index in [0.29, 0.717) is 15.7 Å². The highest BCUT2D eigenvalue weighted by molar-refractivity contribution is 6.31. The van der Waals surface area contributed by atoms with Crippen LogP contribution in [0.1, 0.15) is 5.56 Å². The van der Waals surface area contributed by atoms with Gasteiger partial charge in [-0.25, -0.2) is 0 Å². The summed E-state index contributed by atoms with van der Waals surface area (Å²) in [5.41, 5.74) is 1.23. The van der Waals surface area contributed by atoms with Crippen LogP contribution in [0.2, 0.25) is 10.0 Å². The molecular formula is C13H9Cl2NO. The van der Waals surface area contributed by atoms with E-state index < -0.39 is 0 Å². The number of benzene rings is 2. The summed E-state index contributed by atoms with van der Waals surface area (Å²) in [5, 5.41) is 13.0. The maximum Gasteiger partial charge on any atom is 0.217 e. The van der Waals surface area contributed by atoms with Crippen molar-refractivity contribution in [2.24, 2.45) is 0 Å². The summed E-state index contributed by atoms with van der Waals surface area (Å²) in [4.78, 5) is 0. The SMILES string of the molecule is [O-][N+](=Cc1cccc(Cl)c1)c1cccc(Cl)c1. The van der Waals surface area contributed by atoms with E-state index in [1.54, 1.807) is 48.5 Å². The average Bonchev–Trinajstić information content (AvgIpc) is 2.29. The van der Waals surface area contributed by atoms with Gasteiger partial charge in [-0.15, -0.1) is 0 Å². The number of halogens is 2. The van der Waals surface area contributed by atoms with Gasteiger partial charge in [-0.2, -0.15) is 4.74 Å². The van der Waals surface area contributed by atoms with E-state index in [1.165, 1.54) is 6.21 Å². The topological polar surface area (TPSA) is 26.1 Å². The van der Waals surface area contributed by atoms with Crippen molar-refractivity contribution in [3.05, 3.63) is 69.3 Å². The molecule has 0 N–H and O–H groups in total. The zero-order valence-corrected chi connectivity index (χ0v) is 10.3. The third-order valence-electron chi connectivity index (χ3n) is 2.18. The lowest BCUT2D eigenvalue weighted by molar-refractivity contribution is -0.354. The average molecular weight is 266 g/mol. The highest BCUT2D eigenvalue weighted by Crippen LogP contribution is 2.17. The molecule has 0 saturated heterocycles. The van der Waals surface area contributed by atoms with Crippen LogP contribution in [0, 0.1) is 5.21 Å². The second-order valence-electron chi connectivity index (χ2n) is 3.49. The van der Waals surface area contributed by atoms with Crippen molar-refractivity contribution in [2.75, 3.05) is 0 Å². The first-order chi connectivity index (χ1) is 8.15. The highest BCUT2D eigenvalue weighted by atomic mass is 35.5. The van der Waals surface area contributed by atoms with Gasteiger partial charge in [-0.1, -0.05) is 35.3 Å². The Hall–Kier alpha value is -1.51. The van der Waals surface area contributed by atoms with Crippen molar-refractivity contribution in [3.8, 4) is 0 Å². The molecule has 0 atom stereocenters. The number of rotatable bonds is 2. The van der Waals surface area contributed by atoms with Crippen LogP contribution in [0.3, 0.4) is 0 Å². The Balaban J connectivity index is 2.34. The molecule has 2 aromatic rings. The maximum atomic E-state index is 11.8. The summed E-state index contributed by atoms with van der Waals surface area (Å²) >= 11 is 11.7. The molecule has 0 saturated carbocycles. The fourth-order valence-electron chi connectivity index (χ4n) is 1.41. The molecule has 0 aliphatic heterocycles. The number of hydrogen-bond acceptors (Lipinski definition) is 1. The van der Waals surface area contributed by atoms with E-state index in [4.69, 9.17) is 23.2 Å². The second kappa shape index (κ2) is 5.21. The molecule has 0 aromatic heterocycles. The van der Waals surface area contributed by atoms with Crippen molar-refractivity contribution < 1.29 is 4.74 Å². The first kappa shape index (κ1) is 12.0. The van der Waals surface area contributed by atoms with Crippen LogP contribution in [-0.4, -0.2) is 11.0 Å². The normalized spacial score (nSPS) is 11.5. The van der Waals surface area contributed by atoms with Crippen molar-refractivity contribution in [2.45, 2.75) is 0 Å². The predicted octanol–water partition coefficient (Wildman–Crippen LogP) is 4.25. The van der Waals surface area contributed by atoms with Crippen LogP contribution in [-0.2, 0) is 0 Å². The van der Waals surface area contributed by atoms with E-state index in [-0.39, 0.29) is 0 Å². The minimum atomic E-state index is 0.484. The first-order valence-electron chi connectivity index (χ1n) is 4.97. The quantitative estimate of drug-likeness (QED) is 0.345. The molecule has 2 nitrogen and oxygen atoms in total. The molecule has 0 spiro atoms. The zero-order valence-electron chi connectivity index (χ0n) is 8.81. The van der Waals surface area contributed by atoms with Gasteiger partial charge in [0.15, 0.2) is 6.21 Å². The lowest BCUT2D eigenvalue weighted by Gasteiger charge is -2.03. The van der Waals surface area contributed by atoms with Gasteiger partial charge in [-0.05, 0) is 24.3 Å². The first-order valence-corrected chi connectivity index (χ1v) is 5.73. The smallest absolute Gasteiger partial charge is 0.217 e. The molecule has 0 aliphatic carbocycles. The van der Waals surface area contributed by atoms with Gasteiger partial charge in [0.25, 0.3) is 0 Å². The second-order valence-corrected chi connectivity index (χ2v) is 4.36. The molecule has 0 amide bonds. The van der Waals surface area contributed by atoms with E-state index in [1.807, 2.05) is 0 Å². The van der Waals surface area contributed by atoms with Gasteiger partial charge in [0.1, 0.15) is 0 Å². The lowest BCUT2D eigenvalue weighted by atomic mass is 10.2. The molecule has 0 bridgehead atoms. The lowest BCUT2D eigenvalue weighted by Crippen LogP contribution is -1.98. The third kappa shape index (κ3) is 3.22. The Morgan fingerprint density at radius 3 is 2.24 bits per heavy atom. The molecule has 0 fully saturated rings. The Morgan fingerprint density at radius 2 is 1.59 bits per heavy atom. The minimum absolute atomic E-state index is 0.484. The van der Waals surface area contributed by atoms with Crippen LogP contribution in [0.15, 0.2) is 48.5 Å². The van der Waals surface area contributed by atoms with Crippen molar-refractivity contribution >= 4 is 35.1 Å². The fraction of sp³-hybridized carbons (Fsp3) is 0. The van der Waals surface area contributed by atoms with Gasteiger partial charge >= 0.3 is 0 Å². The largest absolute Gasteiger partial charge is 0.618 e. The van der Waals surface area contributed by atoms with E-state index in [9.17, 15) is 5.21 Å². The molecule has 2 aromatic carbocycles. The summed E-state index contributed by atoms with van der Waals surface area (Å²) in [7, 11) is 0. The van der Waals surface area contributed by atoms with E-state index in [2.05, 4.69) is 0 Å². The monoisotopic (exact) mass is 265 g/mol. The van der Waals surface area contributed by atoms with Gasteiger partial charge in [-0.3, -0.25) is 0 Å². The predicted molar refractivity (Wildman–Crippen MR) is 71.4 cm³/mol. The minimum Gasteiger partial charge on any atom is -0.618 e.